The Bertz CT molecular complexity index is 1160. The summed E-state index contributed by atoms with van der Waals surface area (Å²) in [6, 6.07) is 12.1. The highest BCUT2D eigenvalue weighted by Crippen LogP contribution is 2.36. The molecule has 0 saturated heterocycles. The third-order valence-corrected chi connectivity index (χ3v) is 4.34. The molecule has 0 atom stereocenters. The summed E-state index contributed by atoms with van der Waals surface area (Å²) in [6.45, 7) is 1.53. The second-order valence-electron chi connectivity index (χ2n) is 6.67. The number of aryl methyl sites for hydroxylation is 1. The van der Waals surface area contributed by atoms with E-state index >= 15 is 0 Å². The zero-order valence-corrected chi connectivity index (χ0v) is 16.2. The topological polar surface area (TPSA) is 88.2 Å². The summed E-state index contributed by atoms with van der Waals surface area (Å²) in [7, 11) is 0. The SMILES string of the molecule is Cc1cc(F)ccc1Oc1cc(C(F)(F)F)ccc1C(=O)Nc1cccc(C(=N)N)c1. The number of ether oxygens (including phenoxy) is 1. The van der Waals surface area contributed by atoms with E-state index < -0.39 is 23.5 Å². The Balaban J connectivity index is 1.99. The highest BCUT2D eigenvalue weighted by molar-refractivity contribution is 6.07. The molecule has 0 heterocycles. The standard InChI is InChI=1S/C22H17F4N3O2/c1-12-9-15(23)6-8-18(12)31-19-11-14(22(24,25)26)5-7-17(19)21(30)29-16-4-2-3-13(10-16)20(27)28/h2-11H,1H3,(H3,27,28)(H,29,30). The van der Waals surface area contributed by atoms with Gasteiger partial charge in [0.2, 0.25) is 0 Å². The van der Waals surface area contributed by atoms with Crippen LogP contribution in [0.3, 0.4) is 0 Å². The van der Waals surface area contributed by atoms with Gasteiger partial charge in [0.05, 0.1) is 11.1 Å². The molecule has 0 saturated carbocycles. The number of nitrogens with one attached hydrogen (secondary N) is 2. The molecule has 0 aliphatic carbocycles. The van der Waals surface area contributed by atoms with Crippen LogP contribution in [0.2, 0.25) is 0 Å². The average molecular weight is 431 g/mol. The number of carbonyl (C=O) groups is 1. The van der Waals surface area contributed by atoms with Crippen LogP contribution in [0.15, 0.2) is 60.7 Å². The molecule has 0 radical (unpaired) electrons. The average Bonchev–Trinajstić information content (AvgIpc) is 2.69. The van der Waals surface area contributed by atoms with Crippen molar-refractivity contribution in [2.75, 3.05) is 5.32 Å². The van der Waals surface area contributed by atoms with Gasteiger partial charge in [0, 0.05) is 11.3 Å². The van der Waals surface area contributed by atoms with Crippen molar-refractivity contribution in [3.63, 3.8) is 0 Å². The first-order valence-corrected chi connectivity index (χ1v) is 8.95. The number of nitrogens with two attached hydrogens (primary N) is 1. The predicted octanol–water partition coefficient (Wildman–Crippen LogP) is 5.48. The number of amides is 1. The lowest BCUT2D eigenvalue weighted by atomic mass is 10.1. The molecule has 0 spiro atoms. The highest BCUT2D eigenvalue weighted by Gasteiger charge is 2.32. The Morgan fingerprint density at radius 2 is 1.77 bits per heavy atom. The van der Waals surface area contributed by atoms with Crippen molar-refractivity contribution in [3.05, 3.63) is 88.7 Å². The number of amidine groups is 1. The van der Waals surface area contributed by atoms with Crippen LogP contribution in [-0.4, -0.2) is 11.7 Å². The number of hydrogen-bond acceptors (Lipinski definition) is 3. The van der Waals surface area contributed by atoms with Gasteiger partial charge in [0.15, 0.2) is 0 Å². The van der Waals surface area contributed by atoms with Gasteiger partial charge in [-0.2, -0.15) is 13.2 Å². The summed E-state index contributed by atoms with van der Waals surface area (Å²) in [5.41, 5.74) is 5.27. The number of nitrogen functional groups attached to an aromatic ring is 1. The van der Waals surface area contributed by atoms with Gasteiger partial charge in [-0.05, 0) is 61.0 Å². The molecule has 0 aliphatic heterocycles. The van der Waals surface area contributed by atoms with Gasteiger partial charge in [-0.1, -0.05) is 12.1 Å². The van der Waals surface area contributed by atoms with Gasteiger partial charge in [0.1, 0.15) is 23.2 Å². The van der Waals surface area contributed by atoms with E-state index in [-0.39, 0.29) is 22.9 Å². The Labute approximate surface area is 175 Å². The van der Waals surface area contributed by atoms with Crippen LogP contribution in [0.25, 0.3) is 0 Å². The minimum atomic E-state index is -4.65. The lowest BCUT2D eigenvalue weighted by Gasteiger charge is -2.16. The van der Waals surface area contributed by atoms with Crippen molar-refractivity contribution in [2.24, 2.45) is 5.73 Å². The molecule has 9 heteroatoms. The maximum absolute atomic E-state index is 13.4. The van der Waals surface area contributed by atoms with Crippen LogP contribution in [-0.2, 0) is 6.18 Å². The van der Waals surface area contributed by atoms with Gasteiger partial charge in [0.25, 0.3) is 5.91 Å². The van der Waals surface area contributed by atoms with E-state index in [1.54, 1.807) is 18.2 Å². The second-order valence-corrected chi connectivity index (χ2v) is 6.67. The van der Waals surface area contributed by atoms with Crippen molar-refractivity contribution in [1.29, 1.82) is 5.41 Å². The molecule has 0 fully saturated rings. The Hall–Kier alpha value is -3.88. The number of carbonyl (C=O) groups excluding carboxylic acids is 1. The predicted molar refractivity (Wildman–Crippen MR) is 108 cm³/mol. The number of halogens is 4. The molecule has 5 nitrogen and oxygen atoms in total. The Morgan fingerprint density at radius 1 is 1.03 bits per heavy atom. The van der Waals surface area contributed by atoms with E-state index in [2.05, 4.69) is 5.32 Å². The summed E-state index contributed by atoms with van der Waals surface area (Å²) in [4.78, 5) is 12.8. The minimum absolute atomic E-state index is 0.105. The summed E-state index contributed by atoms with van der Waals surface area (Å²) >= 11 is 0. The van der Waals surface area contributed by atoms with Gasteiger partial charge in [-0.25, -0.2) is 4.39 Å². The number of alkyl halides is 3. The lowest BCUT2D eigenvalue weighted by Crippen LogP contribution is -2.16. The molecule has 3 rings (SSSR count). The maximum Gasteiger partial charge on any atom is 0.416 e. The fraction of sp³-hybridized carbons (Fsp3) is 0.0909. The number of anilines is 1. The molecular weight excluding hydrogens is 414 g/mol. The third-order valence-electron chi connectivity index (χ3n) is 4.34. The molecule has 1 amide bonds. The molecule has 0 aromatic heterocycles. The van der Waals surface area contributed by atoms with E-state index in [0.29, 0.717) is 22.9 Å². The Morgan fingerprint density at radius 3 is 2.42 bits per heavy atom. The monoisotopic (exact) mass is 431 g/mol. The van der Waals surface area contributed by atoms with Gasteiger partial charge in [-0.3, -0.25) is 10.2 Å². The van der Waals surface area contributed by atoms with Crippen LogP contribution < -0.4 is 15.8 Å². The lowest BCUT2D eigenvalue weighted by molar-refractivity contribution is -0.137. The first kappa shape index (κ1) is 21.8. The Kier molecular flexibility index (Phi) is 5.96. The van der Waals surface area contributed by atoms with Crippen molar-refractivity contribution < 1.29 is 27.1 Å². The van der Waals surface area contributed by atoms with Crippen molar-refractivity contribution >= 4 is 17.4 Å². The van der Waals surface area contributed by atoms with Crippen molar-refractivity contribution in [3.8, 4) is 11.5 Å². The van der Waals surface area contributed by atoms with Gasteiger partial charge < -0.3 is 15.8 Å². The third kappa shape index (κ3) is 5.19. The molecule has 3 aromatic rings. The van der Waals surface area contributed by atoms with Crippen LogP contribution >= 0.6 is 0 Å². The van der Waals surface area contributed by atoms with Crippen LogP contribution in [0.4, 0.5) is 23.2 Å². The summed E-state index contributed by atoms with van der Waals surface area (Å²) in [6.07, 6.45) is -4.65. The zero-order valence-electron chi connectivity index (χ0n) is 16.2. The maximum atomic E-state index is 13.4. The van der Waals surface area contributed by atoms with Crippen LogP contribution in [0.1, 0.15) is 27.0 Å². The molecule has 0 bridgehead atoms. The van der Waals surface area contributed by atoms with Crippen LogP contribution in [0, 0.1) is 18.2 Å². The van der Waals surface area contributed by atoms with E-state index in [1.807, 2.05) is 0 Å². The fourth-order valence-electron chi connectivity index (χ4n) is 2.78. The number of hydrogen-bond donors (Lipinski definition) is 3. The normalized spacial score (nSPS) is 11.1. The van der Waals surface area contributed by atoms with Crippen LogP contribution in [0.5, 0.6) is 11.5 Å². The zero-order chi connectivity index (χ0) is 22.8. The first-order valence-electron chi connectivity index (χ1n) is 8.95. The van der Waals surface area contributed by atoms with E-state index in [0.717, 1.165) is 24.3 Å². The number of benzene rings is 3. The molecule has 0 unspecified atom stereocenters. The molecular formula is C22H17F4N3O2. The molecule has 3 aromatic carbocycles. The number of rotatable bonds is 5. The van der Waals surface area contributed by atoms with Gasteiger partial charge >= 0.3 is 6.18 Å². The summed E-state index contributed by atoms with van der Waals surface area (Å²) < 4.78 is 58.5. The van der Waals surface area contributed by atoms with E-state index in [9.17, 15) is 22.4 Å². The largest absolute Gasteiger partial charge is 0.456 e. The molecule has 4 N–H and O–H groups in total. The van der Waals surface area contributed by atoms with E-state index in [4.69, 9.17) is 15.9 Å². The molecule has 31 heavy (non-hydrogen) atoms. The quantitative estimate of drug-likeness (QED) is 0.284. The van der Waals surface area contributed by atoms with Crippen molar-refractivity contribution in [1.82, 2.24) is 0 Å². The van der Waals surface area contributed by atoms with E-state index in [1.165, 1.54) is 19.1 Å². The second kappa shape index (κ2) is 8.47. The molecule has 160 valence electrons. The smallest absolute Gasteiger partial charge is 0.416 e. The summed E-state index contributed by atoms with van der Waals surface area (Å²) in [5, 5.41) is 10.0. The summed E-state index contributed by atoms with van der Waals surface area (Å²) in [5.74, 6) is -1.71. The minimum Gasteiger partial charge on any atom is -0.456 e. The first-order chi connectivity index (χ1) is 14.5. The molecule has 0 aliphatic rings. The fourth-order valence-corrected chi connectivity index (χ4v) is 2.78. The van der Waals surface area contributed by atoms with Gasteiger partial charge in [-0.15, -0.1) is 0 Å². The van der Waals surface area contributed by atoms with Crippen molar-refractivity contribution in [2.45, 2.75) is 13.1 Å². The highest BCUT2D eigenvalue weighted by atomic mass is 19.4.